The van der Waals surface area contributed by atoms with E-state index in [0.29, 0.717) is 35.7 Å². The average molecular weight is 566 g/mol. The molecule has 0 spiro atoms. The molecule has 9 nitrogen and oxygen atoms in total. The van der Waals surface area contributed by atoms with Gasteiger partial charge in [-0.1, -0.05) is 29.5 Å². The predicted octanol–water partition coefficient (Wildman–Crippen LogP) is 4.02. The molecule has 202 valence electrons. The lowest BCUT2D eigenvalue weighted by Crippen LogP contribution is -2.35. The molecule has 1 aromatic heterocycles. The van der Waals surface area contributed by atoms with Crippen molar-refractivity contribution < 1.29 is 27.5 Å². The second kappa shape index (κ2) is 11.1. The number of fused-ring (bicyclic) bond motifs is 2. The van der Waals surface area contributed by atoms with Crippen molar-refractivity contribution in [3.8, 4) is 0 Å². The maximum atomic E-state index is 13.4. The highest BCUT2D eigenvalue weighted by atomic mass is 32.2. The summed E-state index contributed by atoms with van der Waals surface area (Å²) in [6.07, 6.45) is 1.58. The highest BCUT2D eigenvalue weighted by molar-refractivity contribution is 7.92. The quantitative estimate of drug-likeness (QED) is 0.313. The van der Waals surface area contributed by atoms with Crippen molar-refractivity contribution in [3.05, 3.63) is 88.2 Å². The predicted molar refractivity (Wildman–Crippen MR) is 149 cm³/mol. The van der Waals surface area contributed by atoms with E-state index in [-0.39, 0.29) is 10.5 Å². The van der Waals surface area contributed by atoms with E-state index in [1.165, 1.54) is 47.0 Å². The van der Waals surface area contributed by atoms with Crippen molar-refractivity contribution in [2.75, 3.05) is 31.7 Å². The number of thiazole rings is 1. The Hall–Kier alpha value is -3.80. The fourth-order valence-corrected chi connectivity index (χ4v) is 7.23. The van der Waals surface area contributed by atoms with Gasteiger partial charge in [0.15, 0.2) is 4.80 Å². The molecular weight excluding hydrogens is 538 g/mol. The average Bonchev–Trinajstić information content (AvgIpc) is 3.31. The summed E-state index contributed by atoms with van der Waals surface area (Å²) in [4.78, 5) is 30.0. The van der Waals surface area contributed by atoms with E-state index in [1.54, 1.807) is 25.3 Å². The van der Waals surface area contributed by atoms with Crippen molar-refractivity contribution in [1.29, 1.82) is 0 Å². The van der Waals surface area contributed by atoms with Crippen molar-refractivity contribution in [3.63, 3.8) is 0 Å². The Kier molecular flexibility index (Phi) is 7.65. The van der Waals surface area contributed by atoms with Gasteiger partial charge in [0.1, 0.15) is 0 Å². The Morgan fingerprint density at radius 1 is 1.00 bits per heavy atom. The van der Waals surface area contributed by atoms with Gasteiger partial charge in [0.2, 0.25) is 0 Å². The summed E-state index contributed by atoms with van der Waals surface area (Å²) in [6.45, 7) is 1.26. The van der Waals surface area contributed by atoms with Crippen LogP contribution in [-0.2, 0) is 32.5 Å². The van der Waals surface area contributed by atoms with Crippen LogP contribution in [0.3, 0.4) is 0 Å². The van der Waals surface area contributed by atoms with Crippen LogP contribution in [0.15, 0.2) is 76.6 Å². The Bertz CT molecular complexity index is 1720. The number of hydrogen-bond donors (Lipinski definition) is 0. The van der Waals surface area contributed by atoms with Crippen LogP contribution in [-0.4, -0.2) is 52.2 Å². The highest BCUT2D eigenvalue weighted by Crippen LogP contribution is 2.32. The number of nitrogens with zero attached hydrogens (tertiary/aromatic N) is 3. The number of aromatic nitrogens is 1. The van der Waals surface area contributed by atoms with Gasteiger partial charge in [0.25, 0.3) is 15.9 Å². The smallest absolute Gasteiger partial charge is 0.337 e. The fourth-order valence-electron chi connectivity index (χ4n) is 4.60. The van der Waals surface area contributed by atoms with E-state index >= 15 is 0 Å². The number of carbonyl (C=O) groups is 2. The minimum atomic E-state index is -3.79. The molecule has 1 aliphatic rings. The number of amides is 1. The van der Waals surface area contributed by atoms with E-state index in [0.717, 1.165) is 28.6 Å². The molecular formula is C28H27N3O6S2. The fraction of sp³-hybridized carbons (Fsp3) is 0.250. The first-order valence-electron chi connectivity index (χ1n) is 12.3. The van der Waals surface area contributed by atoms with Crippen molar-refractivity contribution in [1.82, 2.24) is 4.57 Å². The number of rotatable bonds is 7. The van der Waals surface area contributed by atoms with Crippen LogP contribution in [0.4, 0.5) is 5.69 Å². The summed E-state index contributed by atoms with van der Waals surface area (Å²) in [6, 6.07) is 18.5. The molecule has 0 saturated carbocycles. The highest BCUT2D eigenvalue weighted by Gasteiger charge is 2.29. The van der Waals surface area contributed by atoms with Gasteiger partial charge in [0.05, 0.1) is 40.1 Å². The Labute approximate surface area is 230 Å². The van der Waals surface area contributed by atoms with Crippen LogP contribution in [0.5, 0.6) is 0 Å². The molecule has 0 aliphatic carbocycles. The number of aryl methyl sites for hydroxylation is 1. The van der Waals surface area contributed by atoms with E-state index in [2.05, 4.69) is 4.99 Å². The number of para-hydroxylation sites is 1. The first kappa shape index (κ1) is 26.8. The van der Waals surface area contributed by atoms with Crippen LogP contribution in [0, 0.1) is 0 Å². The SMILES string of the molecule is COCCn1c(=NC(=O)c2ccc(S(=O)(=O)N3CCCc4ccccc43)cc2)sc2cc(C(=O)OC)ccc21. The zero-order valence-electron chi connectivity index (χ0n) is 21.5. The summed E-state index contributed by atoms with van der Waals surface area (Å²) in [5, 5.41) is 0. The van der Waals surface area contributed by atoms with Gasteiger partial charge < -0.3 is 14.0 Å². The molecule has 3 aromatic carbocycles. The summed E-state index contributed by atoms with van der Waals surface area (Å²) in [5.41, 5.74) is 3.16. The van der Waals surface area contributed by atoms with Gasteiger partial charge in [0, 0.05) is 25.8 Å². The number of benzene rings is 3. The van der Waals surface area contributed by atoms with Crippen LogP contribution >= 0.6 is 11.3 Å². The number of esters is 1. The number of sulfonamides is 1. The lowest BCUT2D eigenvalue weighted by atomic mass is 10.0. The summed E-state index contributed by atoms with van der Waals surface area (Å²) < 4.78 is 41.0. The maximum absolute atomic E-state index is 13.4. The molecule has 0 atom stereocenters. The molecule has 0 fully saturated rings. The van der Waals surface area contributed by atoms with Crippen molar-refractivity contribution in [2.24, 2.45) is 4.99 Å². The third kappa shape index (κ3) is 5.25. The van der Waals surface area contributed by atoms with Crippen molar-refractivity contribution in [2.45, 2.75) is 24.3 Å². The maximum Gasteiger partial charge on any atom is 0.337 e. The minimum Gasteiger partial charge on any atom is -0.465 e. The summed E-state index contributed by atoms with van der Waals surface area (Å²) in [5.74, 6) is -0.959. The first-order valence-corrected chi connectivity index (χ1v) is 14.6. The topological polar surface area (TPSA) is 107 Å². The molecule has 0 N–H and O–H groups in total. The molecule has 0 unspecified atom stereocenters. The van der Waals surface area contributed by atoms with E-state index < -0.39 is 21.9 Å². The lowest BCUT2D eigenvalue weighted by Gasteiger charge is -2.30. The lowest BCUT2D eigenvalue weighted by molar-refractivity contribution is 0.0600. The molecule has 0 bridgehead atoms. The van der Waals surface area contributed by atoms with Crippen LogP contribution < -0.4 is 9.11 Å². The second-order valence-corrected chi connectivity index (χ2v) is 11.8. The summed E-state index contributed by atoms with van der Waals surface area (Å²) >= 11 is 1.27. The molecule has 39 heavy (non-hydrogen) atoms. The molecule has 2 heterocycles. The number of methoxy groups -OCH3 is 2. The van der Waals surface area contributed by atoms with Gasteiger partial charge >= 0.3 is 5.97 Å². The molecule has 0 saturated heterocycles. The van der Waals surface area contributed by atoms with Gasteiger partial charge in [-0.05, 0) is 66.9 Å². The zero-order chi connectivity index (χ0) is 27.6. The second-order valence-electron chi connectivity index (χ2n) is 8.95. The van der Waals surface area contributed by atoms with E-state index in [9.17, 15) is 18.0 Å². The Morgan fingerprint density at radius 3 is 2.49 bits per heavy atom. The molecule has 11 heteroatoms. The largest absolute Gasteiger partial charge is 0.465 e. The van der Waals surface area contributed by atoms with E-state index in [4.69, 9.17) is 9.47 Å². The normalized spacial score (nSPS) is 13.9. The molecule has 1 amide bonds. The number of carbonyl (C=O) groups excluding carboxylic acids is 2. The molecule has 1 aliphatic heterocycles. The summed E-state index contributed by atoms with van der Waals surface area (Å²) in [7, 11) is -0.878. The Morgan fingerprint density at radius 2 is 1.74 bits per heavy atom. The third-order valence-corrected chi connectivity index (χ3v) is 9.45. The number of hydrogen-bond acceptors (Lipinski definition) is 7. The standard InChI is InChI=1S/C28H27N3O6S2/c1-36-17-16-30-24-14-11-21(27(33)37-2)18-25(24)38-28(30)29-26(32)20-9-12-22(13-10-20)39(34,35)31-15-5-7-19-6-3-4-8-23(19)31/h3-4,6,8-14,18H,5,7,15-17H2,1-2H3. The first-order chi connectivity index (χ1) is 18.8. The number of ether oxygens (including phenoxy) is 2. The van der Waals surface area contributed by atoms with Crippen LogP contribution in [0.1, 0.15) is 32.7 Å². The van der Waals surface area contributed by atoms with Crippen LogP contribution in [0.2, 0.25) is 0 Å². The third-order valence-electron chi connectivity index (χ3n) is 6.58. The van der Waals surface area contributed by atoms with Crippen LogP contribution in [0.25, 0.3) is 10.2 Å². The van der Waals surface area contributed by atoms with E-state index in [1.807, 2.05) is 28.8 Å². The molecule has 4 aromatic rings. The van der Waals surface area contributed by atoms with Gasteiger partial charge in [-0.15, -0.1) is 0 Å². The van der Waals surface area contributed by atoms with Crippen molar-refractivity contribution >= 4 is 49.1 Å². The zero-order valence-corrected chi connectivity index (χ0v) is 23.1. The monoisotopic (exact) mass is 565 g/mol. The molecule has 0 radical (unpaired) electrons. The Balaban J connectivity index is 1.46. The minimum absolute atomic E-state index is 0.114. The van der Waals surface area contributed by atoms with Gasteiger partial charge in [-0.3, -0.25) is 9.10 Å². The van der Waals surface area contributed by atoms with Gasteiger partial charge in [-0.2, -0.15) is 4.99 Å². The van der Waals surface area contributed by atoms with Gasteiger partial charge in [-0.25, -0.2) is 13.2 Å². The number of anilines is 1. The molecule has 5 rings (SSSR count).